The molecule has 17 heavy (non-hydrogen) atoms. The van der Waals surface area contributed by atoms with Gasteiger partial charge in [0.25, 0.3) is 0 Å². The molecule has 92 valence electrons. The van der Waals surface area contributed by atoms with Crippen molar-refractivity contribution in [3.8, 4) is 0 Å². The number of pyridine rings is 1. The first-order valence-electron chi connectivity index (χ1n) is 6.12. The molecule has 1 aromatic heterocycles. The molecule has 4 heteroatoms. The number of hydrogen-bond acceptors (Lipinski definition) is 3. The highest BCUT2D eigenvalue weighted by atomic mass is 16.4. The summed E-state index contributed by atoms with van der Waals surface area (Å²) in [5.74, 6) is -0.719. The van der Waals surface area contributed by atoms with Gasteiger partial charge in [-0.1, -0.05) is 13.0 Å². The molecule has 0 spiro atoms. The Hall–Kier alpha value is -1.42. The van der Waals surface area contributed by atoms with Gasteiger partial charge in [0, 0.05) is 18.4 Å². The molecule has 0 aromatic carbocycles. The van der Waals surface area contributed by atoms with Crippen LogP contribution in [0, 0.1) is 0 Å². The quantitative estimate of drug-likeness (QED) is 0.866. The molecular formula is C13H18N2O2. The maximum atomic E-state index is 11.2. The molecule has 2 rings (SSSR count). The van der Waals surface area contributed by atoms with E-state index in [1.54, 1.807) is 6.20 Å². The highest BCUT2D eigenvalue weighted by molar-refractivity contribution is 5.73. The van der Waals surface area contributed by atoms with E-state index < -0.39 is 5.97 Å². The fourth-order valence-electron chi connectivity index (χ4n) is 2.64. The summed E-state index contributed by atoms with van der Waals surface area (Å²) in [5.41, 5.74) is 1.13. The lowest BCUT2D eigenvalue weighted by Gasteiger charge is -2.29. The highest BCUT2D eigenvalue weighted by Gasteiger charge is 2.34. The second-order valence-corrected chi connectivity index (χ2v) is 4.44. The Morgan fingerprint density at radius 1 is 1.71 bits per heavy atom. The summed E-state index contributed by atoms with van der Waals surface area (Å²) in [4.78, 5) is 17.5. The van der Waals surface area contributed by atoms with Crippen LogP contribution in [-0.2, 0) is 4.79 Å². The Balaban J connectivity index is 2.20. The summed E-state index contributed by atoms with van der Waals surface area (Å²) < 4.78 is 0. The number of aliphatic carboxylic acids is 1. The Morgan fingerprint density at radius 3 is 3.12 bits per heavy atom. The van der Waals surface area contributed by atoms with Crippen molar-refractivity contribution in [2.24, 2.45) is 0 Å². The van der Waals surface area contributed by atoms with E-state index in [1.165, 1.54) is 0 Å². The number of likely N-dealkylation sites (tertiary alicyclic amines) is 1. The zero-order valence-electron chi connectivity index (χ0n) is 10.0. The number of hydrogen-bond donors (Lipinski definition) is 1. The van der Waals surface area contributed by atoms with Crippen LogP contribution in [0.2, 0.25) is 0 Å². The maximum absolute atomic E-state index is 11.2. The van der Waals surface area contributed by atoms with Crippen LogP contribution < -0.4 is 0 Å². The maximum Gasteiger partial charge on any atom is 0.320 e. The zero-order chi connectivity index (χ0) is 12.3. The van der Waals surface area contributed by atoms with Gasteiger partial charge in [-0.25, -0.2) is 0 Å². The Labute approximate surface area is 101 Å². The monoisotopic (exact) mass is 234 g/mol. The number of nitrogens with zero attached hydrogens (tertiary/aromatic N) is 2. The van der Waals surface area contributed by atoms with Crippen molar-refractivity contribution < 1.29 is 9.90 Å². The zero-order valence-corrected chi connectivity index (χ0v) is 10.0. The van der Waals surface area contributed by atoms with Crippen molar-refractivity contribution in [1.29, 1.82) is 0 Å². The van der Waals surface area contributed by atoms with Crippen molar-refractivity contribution in [1.82, 2.24) is 9.88 Å². The molecule has 1 aliphatic heterocycles. The smallest absolute Gasteiger partial charge is 0.320 e. The number of carboxylic acids is 1. The largest absolute Gasteiger partial charge is 0.480 e. The third-order valence-electron chi connectivity index (χ3n) is 3.44. The molecule has 2 atom stereocenters. The van der Waals surface area contributed by atoms with E-state index in [0.29, 0.717) is 6.42 Å². The van der Waals surface area contributed by atoms with Gasteiger partial charge in [0.1, 0.15) is 6.04 Å². The third-order valence-corrected chi connectivity index (χ3v) is 3.44. The summed E-state index contributed by atoms with van der Waals surface area (Å²) in [5, 5.41) is 9.24. The molecule has 4 nitrogen and oxygen atoms in total. The number of rotatable bonds is 4. The van der Waals surface area contributed by atoms with Gasteiger partial charge in [-0.15, -0.1) is 0 Å². The van der Waals surface area contributed by atoms with Gasteiger partial charge in [-0.05, 0) is 37.4 Å². The summed E-state index contributed by atoms with van der Waals surface area (Å²) in [7, 11) is 0. The van der Waals surface area contributed by atoms with Crippen LogP contribution in [0.5, 0.6) is 0 Å². The lowest BCUT2D eigenvalue weighted by molar-refractivity contribution is -0.143. The fraction of sp³-hybridized carbons (Fsp3) is 0.538. The second kappa shape index (κ2) is 5.27. The molecule has 0 bridgehead atoms. The SMILES string of the molecule is CC[C@H](C(=O)O)N1CCC[C@H]1c1cccnc1. The van der Waals surface area contributed by atoms with Gasteiger partial charge in [-0.2, -0.15) is 0 Å². The van der Waals surface area contributed by atoms with Crippen LogP contribution in [0.1, 0.15) is 37.8 Å². The molecule has 0 saturated carbocycles. The van der Waals surface area contributed by atoms with Crippen LogP contribution >= 0.6 is 0 Å². The third kappa shape index (κ3) is 2.47. The number of aromatic nitrogens is 1. The average Bonchev–Trinajstić information content (AvgIpc) is 2.80. The van der Waals surface area contributed by atoms with E-state index in [9.17, 15) is 9.90 Å². The van der Waals surface area contributed by atoms with Crippen molar-refractivity contribution in [3.05, 3.63) is 30.1 Å². The molecule has 1 N–H and O–H groups in total. The molecule has 2 heterocycles. The lowest BCUT2D eigenvalue weighted by Crippen LogP contribution is -2.40. The molecule has 0 radical (unpaired) electrons. The minimum absolute atomic E-state index is 0.213. The van der Waals surface area contributed by atoms with E-state index in [0.717, 1.165) is 24.9 Å². The molecule has 0 unspecified atom stereocenters. The molecular weight excluding hydrogens is 216 g/mol. The normalized spacial score (nSPS) is 22.5. The summed E-state index contributed by atoms with van der Waals surface area (Å²) in [6.45, 7) is 2.79. The molecule has 1 aliphatic rings. The Bertz CT molecular complexity index is 380. The summed E-state index contributed by atoms with van der Waals surface area (Å²) >= 11 is 0. The van der Waals surface area contributed by atoms with Gasteiger partial charge in [-0.3, -0.25) is 14.7 Å². The van der Waals surface area contributed by atoms with Gasteiger partial charge in [0.05, 0.1) is 0 Å². The van der Waals surface area contributed by atoms with Crippen LogP contribution in [0.15, 0.2) is 24.5 Å². The number of carbonyl (C=O) groups is 1. The van der Waals surface area contributed by atoms with Crippen LogP contribution in [0.3, 0.4) is 0 Å². The first kappa shape index (κ1) is 12.0. The lowest BCUT2D eigenvalue weighted by atomic mass is 10.0. The van der Waals surface area contributed by atoms with Crippen molar-refractivity contribution in [3.63, 3.8) is 0 Å². The average molecular weight is 234 g/mol. The molecule has 0 amide bonds. The standard InChI is InChI=1S/C13H18N2O2/c1-2-11(13(16)17)15-8-4-6-12(15)10-5-3-7-14-9-10/h3,5,7,9,11-12H,2,4,6,8H2,1H3,(H,16,17)/t11-,12+/m1/s1. The molecule has 1 aromatic rings. The predicted molar refractivity (Wildman–Crippen MR) is 64.6 cm³/mol. The molecule has 1 saturated heterocycles. The predicted octanol–water partition coefficient (Wildman–Crippen LogP) is 2.08. The Morgan fingerprint density at radius 2 is 2.53 bits per heavy atom. The van der Waals surface area contributed by atoms with Crippen molar-refractivity contribution >= 4 is 5.97 Å². The van der Waals surface area contributed by atoms with E-state index in [-0.39, 0.29) is 12.1 Å². The summed E-state index contributed by atoms with van der Waals surface area (Å²) in [6, 6.07) is 3.78. The fourth-order valence-corrected chi connectivity index (χ4v) is 2.64. The molecule has 1 fully saturated rings. The van der Waals surface area contributed by atoms with Crippen LogP contribution in [0.25, 0.3) is 0 Å². The van der Waals surface area contributed by atoms with E-state index in [2.05, 4.69) is 9.88 Å². The summed E-state index contributed by atoms with van der Waals surface area (Å²) in [6.07, 6.45) is 6.32. The van der Waals surface area contributed by atoms with Crippen molar-refractivity contribution in [2.75, 3.05) is 6.54 Å². The Kier molecular flexibility index (Phi) is 3.74. The van der Waals surface area contributed by atoms with Crippen LogP contribution in [0.4, 0.5) is 0 Å². The molecule has 0 aliphatic carbocycles. The van der Waals surface area contributed by atoms with Gasteiger partial charge < -0.3 is 5.11 Å². The van der Waals surface area contributed by atoms with E-state index in [1.807, 2.05) is 25.3 Å². The topological polar surface area (TPSA) is 53.4 Å². The second-order valence-electron chi connectivity index (χ2n) is 4.44. The first-order chi connectivity index (χ1) is 8.24. The van der Waals surface area contributed by atoms with E-state index >= 15 is 0 Å². The van der Waals surface area contributed by atoms with Gasteiger partial charge >= 0.3 is 5.97 Å². The van der Waals surface area contributed by atoms with Crippen LogP contribution in [-0.4, -0.2) is 33.5 Å². The highest BCUT2D eigenvalue weighted by Crippen LogP contribution is 2.33. The minimum atomic E-state index is -0.719. The van der Waals surface area contributed by atoms with E-state index in [4.69, 9.17) is 0 Å². The number of carboxylic acid groups (broad SMARTS) is 1. The first-order valence-corrected chi connectivity index (χ1v) is 6.12. The van der Waals surface area contributed by atoms with Crippen molar-refractivity contribution in [2.45, 2.75) is 38.3 Å². The van der Waals surface area contributed by atoms with Gasteiger partial charge in [0.15, 0.2) is 0 Å². The van der Waals surface area contributed by atoms with Gasteiger partial charge in [0.2, 0.25) is 0 Å². The minimum Gasteiger partial charge on any atom is -0.480 e.